The second kappa shape index (κ2) is 6.35. The molecule has 9 heteroatoms. The van der Waals surface area contributed by atoms with Gasteiger partial charge in [-0.15, -0.1) is 0 Å². The van der Waals surface area contributed by atoms with Gasteiger partial charge < -0.3 is 5.32 Å². The van der Waals surface area contributed by atoms with Gasteiger partial charge in [0, 0.05) is 25.1 Å². The van der Waals surface area contributed by atoms with Crippen molar-refractivity contribution < 1.29 is 0 Å². The van der Waals surface area contributed by atoms with E-state index in [0.717, 1.165) is 11.4 Å². The number of nitrogens with zero attached hydrogens (tertiary/aromatic N) is 6. The first-order valence-corrected chi connectivity index (χ1v) is 8.59. The highest BCUT2D eigenvalue weighted by atomic mass is 16.1. The zero-order chi connectivity index (χ0) is 19.0. The number of nitrogens with one attached hydrogen (secondary N) is 2. The summed E-state index contributed by atoms with van der Waals surface area (Å²) in [6, 6.07) is 5.68. The second-order valence-corrected chi connectivity index (χ2v) is 7.21. The molecule has 0 fully saturated rings. The molecule has 2 N–H and O–H groups in total. The standard InChI is InChI=1S/C18H20N8O/c1-18(2,3)26-15-13(11-22-26)16(27)24-17(23-15)20-10-12-5-6-14(19-9-12)25-8-4-7-21-25/h4-9,11H,10H2,1-3H3,(H2,20,23,24,27). The SMILES string of the molecule is CC(C)(C)n1ncc2c(=O)[nH]c(NCc3ccc(-n4cccn4)nc3)nc21. The lowest BCUT2D eigenvalue weighted by Crippen LogP contribution is -2.24. The zero-order valence-electron chi connectivity index (χ0n) is 15.3. The number of fused-ring (bicyclic) bond motifs is 1. The van der Waals surface area contributed by atoms with Gasteiger partial charge in [-0.3, -0.25) is 9.78 Å². The fourth-order valence-corrected chi connectivity index (χ4v) is 2.74. The first kappa shape index (κ1) is 17.0. The summed E-state index contributed by atoms with van der Waals surface area (Å²) in [7, 11) is 0. The molecule has 4 heterocycles. The summed E-state index contributed by atoms with van der Waals surface area (Å²) >= 11 is 0. The van der Waals surface area contributed by atoms with Gasteiger partial charge in [0.2, 0.25) is 5.95 Å². The molecular weight excluding hydrogens is 344 g/mol. The van der Waals surface area contributed by atoms with Crippen molar-refractivity contribution in [2.24, 2.45) is 0 Å². The maximum Gasteiger partial charge on any atom is 0.263 e. The molecule has 0 saturated heterocycles. The van der Waals surface area contributed by atoms with Crippen molar-refractivity contribution in [3.05, 3.63) is 58.9 Å². The Labute approximate surface area is 155 Å². The number of anilines is 1. The van der Waals surface area contributed by atoms with Gasteiger partial charge in [-0.1, -0.05) is 6.07 Å². The molecule has 4 aromatic heterocycles. The highest BCUT2D eigenvalue weighted by Crippen LogP contribution is 2.18. The fourth-order valence-electron chi connectivity index (χ4n) is 2.74. The van der Waals surface area contributed by atoms with Gasteiger partial charge >= 0.3 is 0 Å². The molecule has 0 aromatic carbocycles. The molecule has 0 aliphatic rings. The van der Waals surface area contributed by atoms with E-state index in [4.69, 9.17) is 0 Å². The van der Waals surface area contributed by atoms with Crippen molar-refractivity contribution in [3.8, 4) is 5.82 Å². The molecule has 0 aliphatic heterocycles. The molecule has 4 aromatic rings. The maximum atomic E-state index is 12.3. The van der Waals surface area contributed by atoms with E-state index in [1.54, 1.807) is 28.0 Å². The maximum absolute atomic E-state index is 12.3. The predicted molar refractivity (Wildman–Crippen MR) is 102 cm³/mol. The van der Waals surface area contributed by atoms with Gasteiger partial charge in [0.25, 0.3) is 5.56 Å². The summed E-state index contributed by atoms with van der Waals surface area (Å²) in [5.41, 5.74) is 1.02. The molecule has 0 bridgehead atoms. The zero-order valence-corrected chi connectivity index (χ0v) is 15.3. The van der Waals surface area contributed by atoms with Crippen LogP contribution < -0.4 is 10.9 Å². The van der Waals surface area contributed by atoms with Crippen molar-refractivity contribution in [1.29, 1.82) is 0 Å². The summed E-state index contributed by atoms with van der Waals surface area (Å²) in [5.74, 6) is 1.14. The van der Waals surface area contributed by atoms with Crippen LogP contribution >= 0.6 is 0 Å². The Morgan fingerprint density at radius 3 is 2.70 bits per heavy atom. The molecule has 138 valence electrons. The molecule has 4 rings (SSSR count). The summed E-state index contributed by atoms with van der Waals surface area (Å²) in [4.78, 5) is 24.0. The molecule has 0 spiro atoms. The van der Waals surface area contributed by atoms with E-state index in [2.05, 4.69) is 30.5 Å². The molecular formula is C18H20N8O. The van der Waals surface area contributed by atoms with Gasteiger partial charge in [-0.25, -0.2) is 14.3 Å². The van der Waals surface area contributed by atoms with Gasteiger partial charge in [0.1, 0.15) is 5.39 Å². The van der Waals surface area contributed by atoms with E-state index in [0.29, 0.717) is 23.5 Å². The van der Waals surface area contributed by atoms with Crippen molar-refractivity contribution in [2.75, 3.05) is 5.32 Å². The Bertz CT molecular complexity index is 1120. The topological polar surface area (TPSA) is 106 Å². The Kier molecular flexibility index (Phi) is 3.98. The van der Waals surface area contributed by atoms with Gasteiger partial charge in [-0.2, -0.15) is 15.2 Å². The molecule has 0 amide bonds. The van der Waals surface area contributed by atoms with E-state index >= 15 is 0 Å². The number of hydrogen-bond donors (Lipinski definition) is 2. The molecule has 0 unspecified atom stereocenters. The molecule has 0 radical (unpaired) electrons. The quantitative estimate of drug-likeness (QED) is 0.574. The summed E-state index contributed by atoms with van der Waals surface area (Å²) < 4.78 is 3.45. The minimum Gasteiger partial charge on any atom is -0.352 e. The Hall–Kier alpha value is -3.49. The third kappa shape index (κ3) is 3.31. The third-order valence-electron chi connectivity index (χ3n) is 4.08. The number of rotatable bonds is 4. The molecule has 27 heavy (non-hydrogen) atoms. The number of aromatic amines is 1. The first-order chi connectivity index (χ1) is 12.9. The predicted octanol–water partition coefficient (Wildman–Crippen LogP) is 2.07. The monoisotopic (exact) mass is 364 g/mol. The van der Waals surface area contributed by atoms with Crippen LogP contribution in [0.2, 0.25) is 0 Å². The van der Waals surface area contributed by atoms with Crippen LogP contribution in [0.15, 0.2) is 47.8 Å². The van der Waals surface area contributed by atoms with Crippen LogP contribution in [0.3, 0.4) is 0 Å². The summed E-state index contributed by atoms with van der Waals surface area (Å²) in [6.07, 6.45) is 6.86. The van der Waals surface area contributed by atoms with Gasteiger partial charge in [0.05, 0.1) is 11.7 Å². The molecule has 0 atom stereocenters. The largest absolute Gasteiger partial charge is 0.352 e. The molecule has 0 aliphatic carbocycles. The molecule has 0 saturated carbocycles. The van der Waals surface area contributed by atoms with E-state index in [1.807, 2.05) is 45.2 Å². The minimum atomic E-state index is -0.272. The summed E-state index contributed by atoms with van der Waals surface area (Å²) in [6.45, 7) is 6.53. The summed E-state index contributed by atoms with van der Waals surface area (Å²) in [5, 5.41) is 12.1. The van der Waals surface area contributed by atoms with Crippen LogP contribution in [0.25, 0.3) is 16.9 Å². The normalized spacial score (nSPS) is 11.8. The minimum absolute atomic E-state index is 0.217. The Morgan fingerprint density at radius 2 is 2.04 bits per heavy atom. The Balaban J connectivity index is 1.56. The fraction of sp³-hybridized carbons (Fsp3) is 0.278. The average Bonchev–Trinajstić information content (AvgIpc) is 3.30. The van der Waals surface area contributed by atoms with Crippen molar-refractivity contribution in [3.63, 3.8) is 0 Å². The third-order valence-corrected chi connectivity index (χ3v) is 4.08. The highest BCUT2D eigenvalue weighted by molar-refractivity contribution is 5.74. The number of pyridine rings is 1. The number of H-pyrrole nitrogens is 1. The highest BCUT2D eigenvalue weighted by Gasteiger charge is 2.19. The van der Waals surface area contributed by atoms with Crippen LogP contribution in [0, 0.1) is 0 Å². The van der Waals surface area contributed by atoms with E-state index < -0.39 is 0 Å². The number of aromatic nitrogens is 7. The van der Waals surface area contributed by atoms with Crippen LogP contribution in [0.4, 0.5) is 5.95 Å². The van der Waals surface area contributed by atoms with E-state index in [1.165, 1.54) is 0 Å². The van der Waals surface area contributed by atoms with Crippen LogP contribution in [-0.4, -0.2) is 34.5 Å². The average molecular weight is 364 g/mol. The van der Waals surface area contributed by atoms with E-state index in [9.17, 15) is 4.79 Å². The number of hydrogen-bond acceptors (Lipinski definition) is 6. The second-order valence-electron chi connectivity index (χ2n) is 7.21. The Morgan fingerprint density at radius 1 is 1.19 bits per heavy atom. The van der Waals surface area contributed by atoms with E-state index in [-0.39, 0.29) is 11.1 Å². The van der Waals surface area contributed by atoms with Crippen molar-refractivity contribution >= 4 is 17.0 Å². The smallest absolute Gasteiger partial charge is 0.263 e. The molecule has 9 nitrogen and oxygen atoms in total. The van der Waals surface area contributed by atoms with Gasteiger partial charge in [0.15, 0.2) is 11.5 Å². The lowest BCUT2D eigenvalue weighted by atomic mass is 10.1. The van der Waals surface area contributed by atoms with Gasteiger partial charge in [-0.05, 0) is 38.5 Å². The van der Waals surface area contributed by atoms with Crippen LogP contribution in [0.1, 0.15) is 26.3 Å². The first-order valence-electron chi connectivity index (χ1n) is 8.59. The van der Waals surface area contributed by atoms with Crippen LogP contribution in [0.5, 0.6) is 0 Å². The lowest BCUT2D eigenvalue weighted by molar-refractivity contribution is 0.366. The lowest BCUT2D eigenvalue weighted by Gasteiger charge is -2.19. The van der Waals surface area contributed by atoms with Crippen molar-refractivity contribution in [1.82, 2.24) is 34.5 Å². The van der Waals surface area contributed by atoms with Crippen molar-refractivity contribution in [2.45, 2.75) is 32.9 Å². The van der Waals surface area contributed by atoms with Crippen LogP contribution in [-0.2, 0) is 12.1 Å².